The minimum atomic E-state index is -0.619. The van der Waals surface area contributed by atoms with Crippen LogP contribution in [-0.2, 0) is 33.0 Å². The highest BCUT2D eigenvalue weighted by Gasteiger charge is 2.44. The molecule has 0 bridgehead atoms. The van der Waals surface area contributed by atoms with Gasteiger partial charge in [0.15, 0.2) is 0 Å². The van der Waals surface area contributed by atoms with Crippen molar-refractivity contribution in [3.05, 3.63) is 35.0 Å². The number of primary amides is 1. The Balaban J connectivity index is 0.000000151. The average Bonchev–Trinajstić information content (AvgIpc) is 3.25. The Kier molecular flexibility index (Phi) is 5.52. The van der Waals surface area contributed by atoms with Crippen molar-refractivity contribution in [3.8, 4) is 0 Å². The molecule has 10 heteroatoms. The second-order valence-corrected chi connectivity index (χ2v) is 7.79. The quantitative estimate of drug-likeness (QED) is 0.739. The van der Waals surface area contributed by atoms with Gasteiger partial charge in [0, 0.05) is 44.4 Å². The van der Waals surface area contributed by atoms with Crippen LogP contribution >= 0.6 is 0 Å². The number of anilines is 1. The summed E-state index contributed by atoms with van der Waals surface area (Å²) < 4.78 is 13.2. The topological polar surface area (TPSA) is 125 Å². The molecule has 10 nitrogen and oxygen atoms in total. The zero-order valence-corrected chi connectivity index (χ0v) is 17.3. The zero-order valence-electron chi connectivity index (χ0n) is 17.3. The van der Waals surface area contributed by atoms with E-state index in [0.717, 1.165) is 55.2 Å². The van der Waals surface area contributed by atoms with Crippen LogP contribution in [0.2, 0.25) is 0 Å². The first-order valence-corrected chi connectivity index (χ1v) is 10.1. The van der Waals surface area contributed by atoms with E-state index in [0.29, 0.717) is 19.6 Å². The fourth-order valence-electron chi connectivity index (χ4n) is 4.02. The fraction of sp³-hybridized carbons (Fsp3) is 0.550. The number of ether oxygens (including phenoxy) is 2. The van der Waals surface area contributed by atoms with Crippen molar-refractivity contribution in [2.24, 2.45) is 5.73 Å². The number of rotatable bonds is 1. The molecule has 0 saturated carbocycles. The lowest BCUT2D eigenvalue weighted by Gasteiger charge is -2.32. The Morgan fingerprint density at radius 2 is 2.17 bits per heavy atom. The number of amides is 2. The summed E-state index contributed by atoms with van der Waals surface area (Å²) in [5.41, 5.74) is 7.34. The molecule has 2 aromatic heterocycles. The third-order valence-corrected chi connectivity index (χ3v) is 5.58. The molecule has 1 spiro atoms. The largest absolute Gasteiger partial charge is 0.378 e. The Hall–Kier alpha value is -2.85. The summed E-state index contributed by atoms with van der Waals surface area (Å²) in [6.45, 7) is 4.49. The number of carbonyl (C=O) groups excluding carboxylic acids is 2. The first-order valence-electron chi connectivity index (χ1n) is 10.1. The molecule has 160 valence electrons. The third kappa shape index (κ3) is 3.80. The van der Waals surface area contributed by atoms with Crippen LogP contribution in [0.3, 0.4) is 0 Å². The first kappa shape index (κ1) is 20.4. The Morgan fingerprint density at radius 3 is 2.90 bits per heavy atom. The molecule has 2 N–H and O–H groups in total. The minimum Gasteiger partial charge on any atom is -0.378 e. The normalized spacial score (nSPS) is 22.7. The number of hydrogen-bond donors (Lipinski definition) is 1. The van der Waals surface area contributed by atoms with E-state index in [1.807, 2.05) is 17.7 Å². The van der Waals surface area contributed by atoms with E-state index in [-0.39, 0.29) is 11.7 Å². The fourth-order valence-corrected chi connectivity index (χ4v) is 4.02. The van der Waals surface area contributed by atoms with Crippen molar-refractivity contribution in [1.82, 2.24) is 19.7 Å². The van der Waals surface area contributed by atoms with Gasteiger partial charge in [0.1, 0.15) is 11.4 Å². The second kappa shape index (κ2) is 8.11. The van der Waals surface area contributed by atoms with Gasteiger partial charge in [-0.2, -0.15) is 5.10 Å². The summed E-state index contributed by atoms with van der Waals surface area (Å²) in [6, 6.07) is 1.95. The molecule has 3 aliphatic rings. The molecule has 0 aromatic carbocycles. The average molecular weight is 414 g/mol. The van der Waals surface area contributed by atoms with E-state index in [1.165, 1.54) is 0 Å². The van der Waals surface area contributed by atoms with Gasteiger partial charge in [-0.15, -0.1) is 0 Å². The van der Waals surface area contributed by atoms with Gasteiger partial charge in [0.25, 0.3) is 5.91 Å². The van der Waals surface area contributed by atoms with Gasteiger partial charge in [-0.25, -0.2) is 14.6 Å². The summed E-state index contributed by atoms with van der Waals surface area (Å²) in [4.78, 5) is 32.4. The smallest absolute Gasteiger partial charge is 0.286 e. The van der Waals surface area contributed by atoms with Gasteiger partial charge < -0.3 is 20.1 Å². The zero-order chi connectivity index (χ0) is 21.3. The summed E-state index contributed by atoms with van der Waals surface area (Å²) in [6.07, 6.45) is 4.91. The molecule has 0 radical (unpaired) electrons. The highest BCUT2D eigenvalue weighted by Crippen LogP contribution is 2.40. The van der Waals surface area contributed by atoms with Gasteiger partial charge in [-0.3, -0.25) is 9.59 Å². The molecule has 1 saturated heterocycles. The van der Waals surface area contributed by atoms with E-state index < -0.39 is 11.5 Å². The van der Waals surface area contributed by atoms with Crippen LogP contribution in [0.1, 0.15) is 53.3 Å². The van der Waals surface area contributed by atoms with Crippen molar-refractivity contribution in [2.75, 3.05) is 25.2 Å². The number of carbonyl (C=O) groups is 2. The molecule has 2 aromatic rings. The Bertz CT molecular complexity index is 961. The van der Waals surface area contributed by atoms with Gasteiger partial charge in [0.2, 0.25) is 11.7 Å². The predicted octanol–water partition coefficient (Wildman–Crippen LogP) is 1.06. The van der Waals surface area contributed by atoms with E-state index in [2.05, 4.69) is 15.1 Å². The van der Waals surface area contributed by atoms with Crippen LogP contribution in [0.5, 0.6) is 0 Å². The maximum absolute atomic E-state index is 11.5. The SMILES string of the molecule is Cc1cc2n(n1)CCCC(=O)N2C.NC(=O)c1ncc2c(n1)C1(CCCOC1)OC2. The lowest BCUT2D eigenvalue weighted by atomic mass is 9.92. The van der Waals surface area contributed by atoms with Gasteiger partial charge in [-0.1, -0.05) is 0 Å². The second-order valence-electron chi connectivity index (χ2n) is 7.79. The van der Waals surface area contributed by atoms with Crippen molar-refractivity contribution in [1.29, 1.82) is 0 Å². The third-order valence-electron chi connectivity index (χ3n) is 5.58. The molecule has 3 aliphatic heterocycles. The maximum atomic E-state index is 11.5. The summed E-state index contributed by atoms with van der Waals surface area (Å²) >= 11 is 0. The van der Waals surface area contributed by atoms with E-state index in [9.17, 15) is 9.59 Å². The molecule has 1 unspecified atom stereocenters. The Morgan fingerprint density at radius 1 is 1.33 bits per heavy atom. The van der Waals surface area contributed by atoms with Crippen LogP contribution in [0.15, 0.2) is 12.3 Å². The predicted molar refractivity (Wildman–Crippen MR) is 107 cm³/mol. The molecule has 30 heavy (non-hydrogen) atoms. The Labute approximate surface area is 174 Å². The highest BCUT2D eigenvalue weighted by atomic mass is 16.5. The summed E-state index contributed by atoms with van der Waals surface area (Å²) in [7, 11) is 1.81. The van der Waals surface area contributed by atoms with E-state index in [1.54, 1.807) is 18.1 Å². The maximum Gasteiger partial charge on any atom is 0.286 e. The van der Waals surface area contributed by atoms with Crippen molar-refractivity contribution < 1.29 is 19.1 Å². The van der Waals surface area contributed by atoms with Gasteiger partial charge >= 0.3 is 0 Å². The van der Waals surface area contributed by atoms with Crippen molar-refractivity contribution >= 4 is 17.6 Å². The number of aromatic nitrogens is 4. The lowest BCUT2D eigenvalue weighted by Crippen LogP contribution is -2.36. The molecule has 1 fully saturated rings. The molecule has 1 atom stereocenters. The summed E-state index contributed by atoms with van der Waals surface area (Å²) in [5.74, 6) is 0.518. The van der Waals surface area contributed by atoms with E-state index >= 15 is 0 Å². The standard InChI is InChI=1S/C11H13N3O3.C9H13N3O/c12-9(15)10-13-4-7-5-17-11(8(7)14-10)2-1-3-16-6-11;1-7-6-8-11(2)9(13)4-3-5-12(8)10-7/h4H,1-3,5-6H2,(H2,12,15);6H,3-5H2,1-2H3. The monoisotopic (exact) mass is 414 g/mol. The number of aryl methyl sites for hydroxylation is 2. The van der Waals surface area contributed by atoms with Gasteiger partial charge in [-0.05, 0) is 26.2 Å². The van der Waals surface area contributed by atoms with Crippen molar-refractivity contribution in [2.45, 2.75) is 51.4 Å². The van der Waals surface area contributed by atoms with Crippen LogP contribution in [0, 0.1) is 6.92 Å². The van der Waals surface area contributed by atoms with Crippen molar-refractivity contribution in [3.63, 3.8) is 0 Å². The van der Waals surface area contributed by atoms with E-state index in [4.69, 9.17) is 15.2 Å². The van der Waals surface area contributed by atoms with Crippen LogP contribution < -0.4 is 10.6 Å². The van der Waals surface area contributed by atoms with Gasteiger partial charge in [0.05, 0.1) is 24.6 Å². The summed E-state index contributed by atoms with van der Waals surface area (Å²) in [5, 5.41) is 4.32. The molecule has 5 rings (SSSR count). The highest BCUT2D eigenvalue weighted by molar-refractivity contribution is 5.92. The molecule has 5 heterocycles. The molecular weight excluding hydrogens is 388 g/mol. The van der Waals surface area contributed by atoms with Crippen LogP contribution in [0.4, 0.5) is 5.82 Å². The number of nitrogens with two attached hydrogens (primary N) is 1. The molecule has 0 aliphatic carbocycles. The first-order chi connectivity index (χ1) is 14.4. The van der Waals surface area contributed by atoms with Crippen LogP contribution in [-0.4, -0.2) is 51.8 Å². The van der Waals surface area contributed by atoms with Crippen LogP contribution in [0.25, 0.3) is 0 Å². The minimum absolute atomic E-state index is 0.0409. The number of fused-ring (bicyclic) bond motifs is 3. The lowest BCUT2D eigenvalue weighted by molar-refractivity contribution is -0.127. The number of hydrogen-bond acceptors (Lipinski definition) is 7. The number of nitrogens with zero attached hydrogens (tertiary/aromatic N) is 5. The molecule has 2 amide bonds. The molecular formula is C20H26N6O4.